The van der Waals surface area contributed by atoms with E-state index in [1.165, 1.54) is 0 Å². The predicted molar refractivity (Wildman–Crippen MR) is 100 cm³/mol. The lowest BCUT2D eigenvalue weighted by Gasteiger charge is -2.16. The first-order chi connectivity index (χ1) is 11.9. The number of aromatic nitrogens is 3. The third-order valence-electron chi connectivity index (χ3n) is 3.72. The first-order valence-corrected chi connectivity index (χ1v) is 8.51. The molecule has 0 fully saturated rings. The van der Waals surface area contributed by atoms with E-state index < -0.39 is 11.2 Å². The molecule has 0 saturated heterocycles. The number of nitrogens with zero attached hydrogens (tertiary/aromatic N) is 2. The molecule has 0 aliphatic heterocycles. The van der Waals surface area contributed by atoms with Crippen LogP contribution in [0.25, 0.3) is 16.8 Å². The van der Waals surface area contributed by atoms with Crippen molar-refractivity contribution in [2.75, 3.05) is 0 Å². The fourth-order valence-corrected chi connectivity index (χ4v) is 3.50. The van der Waals surface area contributed by atoms with Crippen LogP contribution in [-0.2, 0) is 6.42 Å². The van der Waals surface area contributed by atoms with Crippen LogP contribution in [0.15, 0.2) is 46.1 Å². The standard InChI is InChI=1S/C17H12Cl3N3O2/c1-2-11-12(19)7-13(23-17(25)22-14(24)8-21-23)15(16(11)20)9-3-5-10(18)6-4-9/h3-8H,2H2,1H3,(H,22,24,25). The van der Waals surface area contributed by atoms with Crippen LogP contribution >= 0.6 is 34.8 Å². The number of benzene rings is 2. The van der Waals surface area contributed by atoms with Gasteiger partial charge in [0.2, 0.25) is 0 Å². The molecule has 1 heterocycles. The van der Waals surface area contributed by atoms with Gasteiger partial charge in [0.05, 0.1) is 10.7 Å². The average molecular weight is 397 g/mol. The van der Waals surface area contributed by atoms with Crippen molar-refractivity contribution >= 4 is 34.8 Å². The summed E-state index contributed by atoms with van der Waals surface area (Å²) in [4.78, 5) is 25.7. The zero-order valence-corrected chi connectivity index (χ0v) is 15.3. The van der Waals surface area contributed by atoms with Crippen molar-refractivity contribution in [2.24, 2.45) is 0 Å². The van der Waals surface area contributed by atoms with Crippen molar-refractivity contribution in [1.82, 2.24) is 14.8 Å². The van der Waals surface area contributed by atoms with Gasteiger partial charge in [0.1, 0.15) is 6.20 Å². The van der Waals surface area contributed by atoms with Gasteiger partial charge in [-0.25, -0.2) is 4.79 Å². The SMILES string of the molecule is CCc1c(Cl)cc(-n2ncc(=O)[nH]c2=O)c(-c2ccc(Cl)cc2)c1Cl. The maximum absolute atomic E-state index is 12.2. The summed E-state index contributed by atoms with van der Waals surface area (Å²) < 4.78 is 1.06. The van der Waals surface area contributed by atoms with Gasteiger partial charge in [0, 0.05) is 15.6 Å². The summed E-state index contributed by atoms with van der Waals surface area (Å²) in [5, 5.41) is 5.32. The van der Waals surface area contributed by atoms with Gasteiger partial charge in [-0.2, -0.15) is 9.78 Å². The molecule has 0 unspecified atom stereocenters. The highest BCUT2D eigenvalue weighted by Gasteiger charge is 2.19. The Balaban J connectivity index is 2.40. The van der Waals surface area contributed by atoms with Crippen LogP contribution in [0.3, 0.4) is 0 Å². The smallest absolute Gasteiger partial charge is 0.271 e. The largest absolute Gasteiger partial charge is 0.349 e. The summed E-state index contributed by atoms with van der Waals surface area (Å²) in [5.41, 5.74) is 1.19. The molecule has 0 bridgehead atoms. The lowest BCUT2D eigenvalue weighted by molar-refractivity contribution is 0.750. The molecule has 25 heavy (non-hydrogen) atoms. The van der Waals surface area contributed by atoms with Crippen LogP contribution in [0, 0.1) is 0 Å². The molecular formula is C17H12Cl3N3O2. The summed E-state index contributed by atoms with van der Waals surface area (Å²) in [6.07, 6.45) is 1.63. The number of nitrogens with one attached hydrogen (secondary N) is 1. The molecule has 5 nitrogen and oxygen atoms in total. The molecule has 0 spiro atoms. The zero-order valence-electron chi connectivity index (χ0n) is 13.0. The molecule has 2 aromatic carbocycles. The zero-order chi connectivity index (χ0) is 18.1. The molecule has 3 aromatic rings. The predicted octanol–water partition coefficient (Wildman–Crippen LogP) is 4.11. The summed E-state index contributed by atoms with van der Waals surface area (Å²) in [5.74, 6) is 0. The Labute approximate surface area is 157 Å². The molecule has 3 rings (SSSR count). The number of halogens is 3. The highest BCUT2D eigenvalue weighted by atomic mass is 35.5. The Morgan fingerprint density at radius 1 is 1.12 bits per heavy atom. The first-order valence-electron chi connectivity index (χ1n) is 7.38. The Morgan fingerprint density at radius 3 is 2.40 bits per heavy atom. The normalized spacial score (nSPS) is 10.9. The van der Waals surface area contributed by atoms with E-state index >= 15 is 0 Å². The van der Waals surface area contributed by atoms with Crippen molar-refractivity contribution < 1.29 is 0 Å². The third-order valence-corrected chi connectivity index (χ3v) is 4.73. The summed E-state index contributed by atoms with van der Waals surface area (Å²) in [6.45, 7) is 1.93. The fourth-order valence-electron chi connectivity index (χ4n) is 2.55. The van der Waals surface area contributed by atoms with Gasteiger partial charge in [-0.15, -0.1) is 0 Å². The van der Waals surface area contributed by atoms with E-state index in [4.69, 9.17) is 34.8 Å². The van der Waals surface area contributed by atoms with Crippen molar-refractivity contribution in [3.05, 3.63) is 78.0 Å². The summed E-state index contributed by atoms with van der Waals surface area (Å²) in [6, 6.07) is 8.64. The molecule has 0 radical (unpaired) electrons. The van der Waals surface area contributed by atoms with E-state index in [0.29, 0.717) is 32.7 Å². The minimum atomic E-state index is -0.681. The fraction of sp³-hybridized carbons (Fsp3) is 0.118. The Hall–Kier alpha value is -2.08. The Bertz CT molecular complexity index is 1060. The average Bonchev–Trinajstić information content (AvgIpc) is 2.56. The van der Waals surface area contributed by atoms with Crippen LogP contribution in [0.4, 0.5) is 0 Å². The van der Waals surface area contributed by atoms with Crippen LogP contribution in [0.2, 0.25) is 15.1 Å². The van der Waals surface area contributed by atoms with Crippen molar-refractivity contribution in [1.29, 1.82) is 0 Å². The second kappa shape index (κ2) is 7.04. The molecule has 0 saturated carbocycles. The molecule has 0 amide bonds. The van der Waals surface area contributed by atoms with Gasteiger partial charge in [-0.3, -0.25) is 9.78 Å². The van der Waals surface area contributed by atoms with Gasteiger partial charge in [-0.1, -0.05) is 53.9 Å². The minimum Gasteiger partial charge on any atom is -0.271 e. The van der Waals surface area contributed by atoms with E-state index in [1.54, 1.807) is 30.3 Å². The molecule has 0 aliphatic carbocycles. The van der Waals surface area contributed by atoms with Crippen LogP contribution in [-0.4, -0.2) is 14.8 Å². The van der Waals surface area contributed by atoms with Gasteiger partial charge in [-0.05, 0) is 35.7 Å². The molecule has 0 atom stereocenters. The first kappa shape index (κ1) is 17.7. The van der Waals surface area contributed by atoms with E-state index in [9.17, 15) is 9.59 Å². The quantitative estimate of drug-likeness (QED) is 0.724. The van der Waals surface area contributed by atoms with Gasteiger partial charge < -0.3 is 0 Å². The number of hydrogen-bond acceptors (Lipinski definition) is 3. The van der Waals surface area contributed by atoms with E-state index in [1.807, 2.05) is 6.92 Å². The lowest BCUT2D eigenvalue weighted by atomic mass is 9.99. The van der Waals surface area contributed by atoms with Crippen molar-refractivity contribution in [2.45, 2.75) is 13.3 Å². The second-order valence-electron chi connectivity index (χ2n) is 5.26. The molecule has 8 heteroatoms. The Kier molecular flexibility index (Phi) is 4.99. The molecule has 0 aliphatic rings. The highest BCUT2D eigenvalue weighted by Crippen LogP contribution is 2.39. The lowest BCUT2D eigenvalue weighted by Crippen LogP contribution is -2.30. The monoisotopic (exact) mass is 395 g/mol. The minimum absolute atomic E-state index is 0.371. The van der Waals surface area contributed by atoms with Crippen molar-refractivity contribution in [3.8, 4) is 16.8 Å². The molecule has 1 aromatic heterocycles. The van der Waals surface area contributed by atoms with Gasteiger partial charge in [0.25, 0.3) is 5.56 Å². The van der Waals surface area contributed by atoms with Crippen LogP contribution in [0.1, 0.15) is 12.5 Å². The third kappa shape index (κ3) is 3.35. The molecule has 1 N–H and O–H groups in total. The topological polar surface area (TPSA) is 67.8 Å². The maximum Gasteiger partial charge on any atom is 0.349 e. The second-order valence-corrected chi connectivity index (χ2v) is 6.48. The number of H-pyrrole nitrogens is 1. The van der Waals surface area contributed by atoms with Crippen molar-refractivity contribution in [3.63, 3.8) is 0 Å². The maximum atomic E-state index is 12.2. The van der Waals surface area contributed by atoms with Gasteiger partial charge in [0.15, 0.2) is 0 Å². The number of aromatic amines is 1. The molecular weight excluding hydrogens is 385 g/mol. The highest BCUT2D eigenvalue weighted by molar-refractivity contribution is 6.38. The summed E-state index contributed by atoms with van der Waals surface area (Å²) >= 11 is 18.9. The summed E-state index contributed by atoms with van der Waals surface area (Å²) in [7, 11) is 0. The van der Waals surface area contributed by atoms with E-state index in [-0.39, 0.29) is 0 Å². The van der Waals surface area contributed by atoms with Crippen LogP contribution in [0.5, 0.6) is 0 Å². The van der Waals surface area contributed by atoms with Crippen LogP contribution < -0.4 is 11.2 Å². The number of rotatable bonds is 3. The van der Waals surface area contributed by atoms with Gasteiger partial charge >= 0.3 is 5.69 Å². The van der Waals surface area contributed by atoms with E-state index in [0.717, 1.165) is 22.0 Å². The number of hydrogen-bond donors (Lipinski definition) is 1. The Morgan fingerprint density at radius 2 is 1.80 bits per heavy atom. The molecule has 128 valence electrons. The van der Waals surface area contributed by atoms with E-state index in [2.05, 4.69) is 10.1 Å².